The minimum Gasteiger partial charge on any atom is -0.271 e. The molecule has 0 aromatic heterocycles. The molecule has 0 heterocycles. The maximum atomic E-state index is 6.09. The molecule has 2 aromatic rings. The van der Waals surface area contributed by atoms with Gasteiger partial charge in [0.1, 0.15) is 0 Å². The molecule has 4 heteroatoms. The van der Waals surface area contributed by atoms with Crippen molar-refractivity contribution in [1.29, 1.82) is 0 Å². The third-order valence-corrected chi connectivity index (χ3v) is 4.62. The van der Waals surface area contributed by atoms with Crippen molar-refractivity contribution < 1.29 is 0 Å². The molecule has 1 unspecified atom stereocenters. The Morgan fingerprint density at radius 2 is 1.80 bits per heavy atom. The summed E-state index contributed by atoms with van der Waals surface area (Å²) >= 11 is 8.40. The number of hydrogen-bond acceptors (Lipinski definition) is 2. The standard InChI is InChI=1S/C16H18ClIN2/c1-2-11-3-5-12(6-4-11)9-16(20-19)14-10-13(17)7-8-15(14)18/h3-8,10,16,20H,2,9,19H2,1H3. The first-order chi connectivity index (χ1) is 9.63. The van der Waals surface area contributed by atoms with Gasteiger partial charge in [-0.15, -0.1) is 0 Å². The highest BCUT2D eigenvalue weighted by Crippen LogP contribution is 2.26. The number of rotatable bonds is 5. The van der Waals surface area contributed by atoms with Crippen molar-refractivity contribution in [1.82, 2.24) is 5.43 Å². The highest BCUT2D eigenvalue weighted by molar-refractivity contribution is 14.1. The van der Waals surface area contributed by atoms with Crippen molar-refractivity contribution in [2.75, 3.05) is 0 Å². The van der Waals surface area contributed by atoms with Crippen LogP contribution in [0.25, 0.3) is 0 Å². The average Bonchev–Trinajstić information content (AvgIpc) is 2.48. The van der Waals surface area contributed by atoms with E-state index < -0.39 is 0 Å². The van der Waals surface area contributed by atoms with Crippen molar-refractivity contribution in [3.05, 3.63) is 67.7 Å². The largest absolute Gasteiger partial charge is 0.271 e. The number of aryl methyl sites for hydroxylation is 1. The molecule has 0 amide bonds. The highest BCUT2D eigenvalue weighted by atomic mass is 127. The monoisotopic (exact) mass is 400 g/mol. The summed E-state index contributed by atoms with van der Waals surface area (Å²) in [5, 5.41) is 0.738. The third kappa shape index (κ3) is 3.95. The maximum absolute atomic E-state index is 6.09. The second-order valence-corrected chi connectivity index (χ2v) is 6.36. The summed E-state index contributed by atoms with van der Waals surface area (Å²) in [4.78, 5) is 0. The van der Waals surface area contributed by atoms with E-state index in [0.29, 0.717) is 0 Å². The van der Waals surface area contributed by atoms with Gasteiger partial charge >= 0.3 is 0 Å². The lowest BCUT2D eigenvalue weighted by Crippen LogP contribution is -2.30. The second-order valence-electron chi connectivity index (χ2n) is 4.76. The maximum Gasteiger partial charge on any atom is 0.0511 e. The van der Waals surface area contributed by atoms with Crippen LogP contribution >= 0.6 is 34.2 Å². The zero-order valence-corrected chi connectivity index (χ0v) is 14.3. The summed E-state index contributed by atoms with van der Waals surface area (Å²) in [6, 6.07) is 14.6. The summed E-state index contributed by atoms with van der Waals surface area (Å²) in [5.74, 6) is 5.73. The minimum absolute atomic E-state index is 0.0630. The fourth-order valence-corrected chi connectivity index (χ4v) is 3.08. The topological polar surface area (TPSA) is 38.0 Å². The molecule has 0 radical (unpaired) electrons. The SMILES string of the molecule is CCc1ccc(CC(NN)c2cc(Cl)ccc2I)cc1. The van der Waals surface area contributed by atoms with Crippen LogP contribution < -0.4 is 11.3 Å². The van der Waals surface area contributed by atoms with Gasteiger partial charge in [0, 0.05) is 8.59 Å². The van der Waals surface area contributed by atoms with E-state index in [2.05, 4.69) is 59.2 Å². The van der Waals surface area contributed by atoms with E-state index in [4.69, 9.17) is 17.4 Å². The molecule has 3 N–H and O–H groups in total. The first-order valence-corrected chi connectivity index (χ1v) is 8.08. The first-order valence-electron chi connectivity index (χ1n) is 6.63. The van der Waals surface area contributed by atoms with Crippen LogP contribution in [0.4, 0.5) is 0 Å². The highest BCUT2D eigenvalue weighted by Gasteiger charge is 2.14. The van der Waals surface area contributed by atoms with E-state index >= 15 is 0 Å². The summed E-state index contributed by atoms with van der Waals surface area (Å²) in [7, 11) is 0. The number of halogens is 2. The number of hydrazine groups is 1. The van der Waals surface area contributed by atoms with E-state index in [-0.39, 0.29) is 6.04 Å². The zero-order chi connectivity index (χ0) is 14.5. The van der Waals surface area contributed by atoms with E-state index in [1.807, 2.05) is 18.2 Å². The van der Waals surface area contributed by atoms with Gasteiger partial charge in [0.15, 0.2) is 0 Å². The van der Waals surface area contributed by atoms with Gasteiger partial charge < -0.3 is 0 Å². The Kier molecular flexibility index (Phi) is 5.84. The first kappa shape index (κ1) is 15.8. The average molecular weight is 401 g/mol. The van der Waals surface area contributed by atoms with E-state index in [9.17, 15) is 0 Å². The summed E-state index contributed by atoms with van der Waals surface area (Å²) in [6.07, 6.45) is 1.90. The molecule has 0 aliphatic carbocycles. The number of nitrogens with one attached hydrogen (secondary N) is 1. The fraction of sp³-hybridized carbons (Fsp3) is 0.250. The van der Waals surface area contributed by atoms with E-state index in [1.54, 1.807) is 0 Å². The smallest absolute Gasteiger partial charge is 0.0511 e. The van der Waals surface area contributed by atoms with Crippen molar-refractivity contribution >= 4 is 34.2 Å². The normalized spacial score (nSPS) is 12.4. The van der Waals surface area contributed by atoms with Gasteiger partial charge in [-0.2, -0.15) is 0 Å². The summed E-state index contributed by atoms with van der Waals surface area (Å²) in [6.45, 7) is 2.16. The molecule has 0 fully saturated rings. The Morgan fingerprint density at radius 1 is 1.15 bits per heavy atom. The van der Waals surface area contributed by atoms with E-state index in [0.717, 1.165) is 23.4 Å². The third-order valence-electron chi connectivity index (χ3n) is 3.41. The van der Waals surface area contributed by atoms with Crippen molar-refractivity contribution in [2.45, 2.75) is 25.8 Å². The molecule has 0 saturated heterocycles. The Morgan fingerprint density at radius 3 is 2.40 bits per heavy atom. The molecule has 2 nitrogen and oxygen atoms in total. The van der Waals surface area contributed by atoms with Gasteiger partial charge in [0.25, 0.3) is 0 Å². The molecule has 0 saturated carbocycles. The van der Waals surface area contributed by atoms with Crippen LogP contribution in [0, 0.1) is 3.57 Å². The predicted octanol–water partition coefficient (Wildman–Crippen LogP) is 4.25. The molecule has 1 atom stereocenters. The van der Waals surface area contributed by atoms with Crippen molar-refractivity contribution in [3.8, 4) is 0 Å². The van der Waals surface area contributed by atoms with Crippen LogP contribution in [0.15, 0.2) is 42.5 Å². The fourth-order valence-electron chi connectivity index (χ4n) is 2.19. The molecule has 0 aliphatic rings. The van der Waals surface area contributed by atoms with Gasteiger partial charge in [-0.05, 0) is 70.3 Å². The van der Waals surface area contributed by atoms with Crippen LogP contribution in [0.1, 0.15) is 29.7 Å². The van der Waals surface area contributed by atoms with Crippen LogP contribution in [0.2, 0.25) is 5.02 Å². The van der Waals surface area contributed by atoms with Crippen LogP contribution in [-0.4, -0.2) is 0 Å². The van der Waals surface area contributed by atoms with Crippen LogP contribution in [0.5, 0.6) is 0 Å². The summed E-state index contributed by atoms with van der Waals surface area (Å²) < 4.78 is 1.17. The number of hydrogen-bond donors (Lipinski definition) is 2. The number of benzene rings is 2. The Bertz CT molecular complexity index is 569. The molecule has 2 aromatic carbocycles. The minimum atomic E-state index is 0.0630. The molecule has 0 bridgehead atoms. The molecule has 2 rings (SSSR count). The lowest BCUT2D eigenvalue weighted by atomic mass is 9.98. The molecule has 20 heavy (non-hydrogen) atoms. The van der Waals surface area contributed by atoms with Gasteiger partial charge in [-0.1, -0.05) is 42.8 Å². The lowest BCUT2D eigenvalue weighted by molar-refractivity contribution is 0.550. The summed E-state index contributed by atoms with van der Waals surface area (Å²) in [5.41, 5.74) is 6.65. The molecule has 106 valence electrons. The Hall–Kier alpha value is -0.620. The van der Waals surface area contributed by atoms with Crippen molar-refractivity contribution in [2.24, 2.45) is 5.84 Å². The van der Waals surface area contributed by atoms with Gasteiger partial charge in [-0.3, -0.25) is 11.3 Å². The van der Waals surface area contributed by atoms with E-state index in [1.165, 1.54) is 14.7 Å². The second kappa shape index (κ2) is 7.41. The molecular formula is C16H18ClIN2. The number of nitrogens with two attached hydrogens (primary N) is 1. The Labute approximate surface area is 138 Å². The zero-order valence-electron chi connectivity index (χ0n) is 11.4. The van der Waals surface area contributed by atoms with Crippen LogP contribution in [0.3, 0.4) is 0 Å². The van der Waals surface area contributed by atoms with Gasteiger partial charge in [-0.25, -0.2) is 0 Å². The Balaban J connectivity index is 2.21. The van der Waals surface area contributed by atoms with Crippen molar-refractivity contribution in [3.63, 3.8) is 0 Å². The van der Waals surface area contributed by atoms with Crippen LogP contribution in [-0.2, 0) is 12.8 Å². The predicted molar refractivity (Wildman–Crippen MR) is 93.8 cm³/mol. The molecular weight excluding hydrogens is 383 g/mol. The molecule has 0 aliphatic heterocycles. The lowest BCUT2D eigenvalue weighted by Gasteiger charge is -2.18. The van der Waals surface area contributed by atoms with Gasteiger partial charge in [0.05, 0.1) is 6.04 Å². The van der Waals surface area contributed by atoms with Gasteiger partial charge in [0.2, 0.25) is 0 Å². The quantitative estimate of drug-likeness (QED) is 0.447. The molecule has 0 spiro atoms.